The number of nitrogens with one attached hydrogen (secondary N) is 2. The van der Waals surface area contributed by atoms with Crippen LogP contribution in [0.4, 0.5) is 0 Å². The van der Waals surface area contributed by atoms with Gasteiger partial charge in [0.1, 0.15) is 0 Å². The maximum Gasteiger partial charge on any atom is 0.156 e. The van der Waals surface area contributed by atoms with Crippen molar-refractivity contribution in [2.75, 3.05) is 26.3 Å². The highest BCUT2D eigenvalue weighted by Crippen LogP contribution is 2.34. The Balaban J connectivity index is 1.62. The molecule has 25 heavy (non-hydrogen) atoms. The average molecular weight is 339 g/mol. The van der Waals surface area contributed by atoms with Gasteiger partial charge in [-0.3, -0.25) is 4.40 Å². The Kier molecular flexibility index (Phi) is 3.75. The van der Waals surface area contributed by atoms with Gasteiger partial charge in [0, 0.05) is 31.5 Å². The molecule has 2 atom stereocenters. The number of imidazole rings is 1. The fourth-order valence-electron chi connectivity index (χ4n) is 4.53. The summed E-state index contributed by atoms with van der Waals surface area (Å²) in [6.07, 6.45) is 9.60. The van der Waals surface area contributed by atoms with Gasteiger partial charge in [-0.2, -0.15) is 0 Å². The first-order chi connectivity index (χ1) is 12.3. The van der Waals surface area contributed by atoms with Gasteiger partial charge >= 0.3 is 0 Å². The van der Waals surface area contributed by atoms with E-state index in [1.807, 2.05) is 6.20 Å². The quantitative estimate of drug-likeness (QED) is 0.753. The minimum atomic E-state index is 0.529. The summed E-state index contributed by atoms with van der Waals surface area (Å²) >= 11 is 0. The fraction of sp³-hybridized carbons (Fsp3) is 0.579. The van der Waals surface area contributed by atoms with Crippen molar-refractivity contribution >= 4 is 16.8 Å². The summed E-state index contributed by atoms with van der Waals surface area (Å²) in [5.41, 5.74) is 5.68. The molecule has 6 nitrogen and oxygen atoms in total. The molecule has 5 rings (SSSR count). The Hall–Kier alpha value is -1.92. The molecule has 0 amide bonds. The van der Waals surface area contributed by atoms with E-state index in [2.05, 4.69) is 39.0 Å². The molecule has 2 unspecified atom stereocenters. The highest BCUT2D eigenvalue weighted by Gasteiger charge is 2.26. The molecular formula is C19H25N5O. The summed E-state index contributed by atoms with van der Waals surface area (Å²) in [5.74, 6) is 1.68. The largest absolute Gasteiger partial charge is 0.381 e. The van der Waals surface area contributed by atoms with Gasteiger partial charge in [-0.25, -0.2) is 9.97 Å². The van der Waals surface area contributed by atoms with Gasteiger partial charge in [-0.05, 0) is 49.8 Å². The number of piperidine rings is 1. The lowest BCUT2D eigenvalue weighted by molar-refractivity contribution is 0.0856. The van der Waals surface area contributed by atoms with Crippen molar-refractivity contribution in [3.8, 4) is 0 Å². The molecule has 132 valence electrons. The monoisotopic (exact) mass is 339 g/mol. The van der Waals surface area contributed by atoms with Crippen molar-refractivity contribution in [2.45, 2.75) is 38.0 Å². The van der Waals surface area contributed by atoms with Crippen LogP contribution < -0.4 is 5.32 Å². The van der Waals surface area contributed by atoms with Gasteiger partial charge < -0.3 is 15.0 Å². The number of nitrogens with zero attached hydrogens (tertiary/aromatic N) is 3. The molecule has 3 aromatic heterocycles. The first kappa shape index (κ1) is 15.3. The van der Waals surface area contributed by atoms with E-state index >= 15 is 0 Å². The summed E-state index contributed by atoms with van der Waals surface area (Å²) in [4.78, 5) is 12.9. The number of aromatic nitrogens is 4. The molecule has 0 aromatic carbocycles. The molecule has 2 N–H and O–H groups in total. The SMILES string of the molecule is CC1CNCCC1c1cn2c(cnc3[nH]cc(C4CCOCC4)c32)n1. The van der Waals surface area contributed by atoms with E-state index in [4.69, 9.17) is 9.72 Å². The van der Waals surface area contributed by atoms with E-state index in [0.717, 1.165) is 56.9 Å². The average Bonchev–Trinajstić information content (AvgIpc) is 3.26. The van der Waals surface area contributed by atoms with E-state index in [-0.39, 0.29) is 0 Å². The zero-order valence-corrected chi connectivity index (χ0v) is 14.7. The Labute approximate surface area is 147 Å². The number of hydrogen-bond donors (Lipinski definition) is 2. The smallest absolute Gasteiger partial charge is 0.156 e. The highest BCUT2D eigenvalue weighted by molar-refractivity contribution is 5.79. The summed E-state index contributed by atoms with van der Waals surface area (Å²) in [5, 5.41) is 3.48. The predicted molar refractivity (Wildman–Crippen MR) is 97.0 cm³/mol. The molecule has 0 bridgehead atoms. The Morgan fingerprint density at radius 2 is 2.12 bits per heavy atom. The van der Waals surface area contributed by atoms with E-state index in [1.54, 1.807) is 0 Å². The molecule has 2 aliphatic heterocycles. The predicted octanol–water partition coefficient (Wildman–Crippen LogP) is 2.82. The topological polar surface area (TPSA) is 67.2 Å². The van der Waals surface area contributed by atoms with Crippen LogP contribution in [0.1, 0.15) is 49.3 Å². The second-order valence-electron chi connectivity index (χ2n) is 7.56. The van der Waals surface area contributed by atoms with Crippen LogP contribution in [0.15, 0.2) is 18.6 Å². The van der Waals surface area contributed by atoms with Crippen LogP contribution >= 0.6 is 0 Å². The number of aromatic amines is 1. The van der Waals surface area contributed by atoms with Gasteiger partial charge in [-0.1, -0.05) is 6.92 Å². The van der Waals surface area contributed by atoms with Crippen LogP contribution in [-0.2, 0) is 4.74 Å². The highest BCUT2D eigenvalue weighted by atomic mass is 16.5. The summed E-state index contributed by atoms with van der Waals surface area (Å²) in [6, 6.07) is 0. The van der Waals surface area contributed by atoms with Crippen molar-refractivity contribution < 1.29 is 4.74 Å². The number of fused-ring (bicyclic) bond motifs is 3. The van der Waals surface area contributed by atoms with E-state index in [0.29, 0.717) is 17.8 Å². The number of hydrogen-bond acceptors (Lipinski definition) is 4. The molecule has 0 radical (unpaired) electrons. The van der Waals surface area contributed by atoms with Crippen LogP contribution in [0.5, 0.6) is 0 Å². The van der Waals surface area contributed by atoms with Gasteiger partial charge in [0.05, 0.1) is 17.4 Å². The van der Waals surface area contributed by atoms with E-state index in [9.17, 15) is 0 Å². The lowest BCUT2D eigenvalue weighted by Gasteiger charge is -2.28. The molecule has 0 spiro atoms. The molecule has 5 heterocycles. The van der Waals surface area contributed by atoms with Crippen molar-refractivity contribution in [1.82, 2.24) is 24.7 Å². The summed E-state index contributed by atoms with van der Waals surface area (Å²) < 4.78 is 7.80. The first-order valence-electron chi connectivity index (χ1n) is 9.44. The second-order valence-corrected chi connectivity index (χ2v) is 7.56. The second kappa shape index (κ2) is 6.11. The van der Waals surface area contributed by atoms with Crippen LogP contribution in [0.25, 0.3) is 16.8 Å². The lowest BCUT2D eigenvalue weighted by atomic mass is 9.86. The molecule has 2 fully saturated rings. The molecule has 3 aromatic rings. The van der Waals surface area contributed by atoms with Gasteiger partial charge in [0.25, 0.3) is 0 Å². The molecule has 2 aliphatic rings. The van der Waals surface area contributed by atoms with Crippen LogP contribution in [-0.4, -0.2) is 45.7 Å². The first-order valence-corrected chi connectivity index (χ1v) is 9.44. The summed E-state index contributed by atoms with van der Waals surface area (Å²) in [7, 11) is 0. The van der Waals surface area contributed by atoms with Crippen molar-refractivity contribution in [3.05, 3.63) is 29.8 Å². The molecule has 0 aliphatic carbocycles. The Bertz CT molecular complexity index is 892. The number of H-pyrrole nitrogens is 1. The zero-order chi connectivity index (χ0) is 16.8. The van der Waals surface area contributed by atoms with Crippen molar-refractivity contribution in [1.29, 1.82) is 0 Å². The molecule has 0 saturated carbocycles. The van der Waals surface area contributed by atoms with Crippen LogP contribution in [0, 0.1) is 5.92 Å². The third-order valence-corrected chi connectivity index (χ3v) is 5.99. The Morgan fingerprint density at radius 1 is 1.24 bits per heavy atom. The standard InChI is InChI=1S/C19H25N5O/c1-12-8-20-5-2-14(12)16-11-24-17(23-16)10-22-19-18(24)15(9-21-19)13-3-6-25-7-4-13/h9-14,20-21H,2-8H2,1H3. The third kappa shape index (κ3) is 2.55. The van der Waals surface area contributed by atoms with Crippen LogP contribution in [0.3, 0.4) is 0 Å². The van der Waals surface area contributed by atoms with Crippen molar-refractivity contribution in [2.24, 2.45) is 5.92 Å². The Morgan fingerprint density at radius 3 is 2.96 bits per heavy atom. The van der Waals surface area contributed by atoms with Gasteiger partial charge in [-0.15, -0.1) is 0 Å². The minimum Gasteiger partial charge on any atom is -0.381 e. The maximum absolute atomic E-state index is 5.54. The normalized spacial score (nSPS) is 25.8. The van der Waals surface area contributed by atoms with Gasteiger partial charge in [0.15, 0.2) is 11.3 Å². The lowest BCUT2D eigenvalue weighted by Crippen LogP contribution is -2.33. The zero-order valence-electron chi connectivity index (χ0n) is 14.7. The molecular weight excluding hydrogens is 314 g/mol. The molecule has 6 heteroatoms. The number of ether oxygens (including phenoxy) is 1. The molecule has 2 saturated heterocycles. The minimum absolute atomic E-state index is 0.529. The fourth-order valence-corrected chi connectivity index (χ4v) is 4.53. The summed E-state index contributed by atoms with van der Waals surface area (Å²) in [6.45, 7) is 6.17. The maximum atomic E-state index is 5.54. The van der Waals surface area contributed by atoms with E-state index in [1.165, 1.54) is 16.8 Å². The van der Waals surface area contributed by atoms with Crippen molar-refractivity contribution in [3.63, 3.8) is 0 Å². The van der Waals surface area contributed by atoms with Gasteiger partial charge in [0.2, 0.25) is 0 Å². The third-order valence-electron chi connectivity index (χ3n) is 5.99. The van der Waals surface area contributed by atoms with E-state index < -0.39 is 0 Å². The number of rotatable bonds is 2. The van der Waals surface area contributed by atoms with Crippen LogP contribution in [0.2, 0.25) is 0 Å².